The quantitative estimate of drug-likeness (QED) is 0.825. The van der Waals surface area contributed by atoms with E-state index in [4.69, 9.17) is 10.5 Å². The van der Waals surface area contributed by atoms with Crippen LogP contribution in [0.15, 0.2) is 48.5 Å². The molecule has 1 unspecified atom stereocenters. The molecule has 2 aromatic carbocycles. The van der Waals surface area contributed by atoms with Crippen LogP contribution in [-0.4, -0.2) is 19.1 Å². The molecule has 0 fully saturated rings. The fraction of sp³-hybridized carbons (Fsp3) is 0.316. The number of benzene rings is 2. The molecule has 1 atom stereocenters. The molecule has 0 saturated carbocycles. The Kier molecular flexibility index (Phi) is 6.18. The predicted molar refractivity (Wildman–Crippen MR) is 93.2 cm³/mol. The number of hydrogen-bond donors (Lipinski definition) is 2. The Morgan fingerprint density at radius 2 is 1.91 bits per heavy atom. The van der Waals surface area contributed by atoms with Crippen molar-refractivity contribution in [3.8, 4) is 16.9 Å². The lowest BCUT2D eigenvalue weighted by Crippen LogP contribution is -2.25. The number of hydrogen-bond acceptors (Lipinski definition) is 3. The zero-order valence-corrected chi connectivity index (χ0v) is 13.7. The molecule has 122 valence electrons. The maximum Gasteiger partial charge on any atom is 0.220 e. The second-order valence-electron chi connectivity index (χ2n) is 5.72. The van der Waals surface area contributed by atoms with Crippen LogP contribution in [0.5, 0.6) is 5.75 Å². The average molecular weight is 312 g/mol. The molecule has 4 heteroatoms. The van der Waals surface area contributed by atoms with Gasteiger partial charge in [-0.1, -0.05) is 36.4 Å². The fourth-order valence-corrected chi connectivity index (χ4v) is 2.27. The van der Waals surface area contributed by atoms with Gasteiger partial charge in [0.2, 0.25) is 5.91 Å². The van der Waals surface area contributed by atoms with Crippen LogP contribution in [0.1, 0.15) is 25.3 Å². The highest BCUT2D eigenvalue weighted by Crippen LogP contribution is 2.24. The van der Waals surface area contributed by atoms with Gasteiger partial charge < -0.3 is 15.8 Å². The Balaban J connectivity index is 1.93. The lowest BCUT2D eigenvalue weighted by Gasteiger charge is -2.08. The molecule has 0 heterocycles. The maximum absolute atomic E-state index is 11.7. The van der Waals surface area contributed by atoms with Crippen molar-refractivity contribution in [2.24, 2.45) is 5.73 Å². The van der Waals surface area contributed by atoms with E-state index in [1.807, 2.05) is 43.3 Å². The first-order valence-electron chi connectivity index (χ1n) is 7.84. The summed E-state index contributed by atoms with van der Waals surface area (Å²) >= 11 is 0. The van der Waals surface area contributed by atoms with E-state index in [0.29, 0.717) is 19.4 Å². The van der Waals surface area contributed by atoms with Gasteiger partial charge in [0.15, 0.2) is 0 Å². The van der Waals surface area contributed by atoms with Crippen molar-refractivity contribution in [3.63, 3.8) is 0 Å². The van der Waals surface area contributed by atoms with Crippen LogP contribution in [0.2, 0.25) is 0 Å². The van der Waals surface area contributed by atoms with E-state index in [1.165, 1.54) is 0 Å². The standard InChI is InChI=1S/C19H24N2O2/c1-14(20)6-11-19(22)21-13-15-7-9-16(10-8-15)17-4-3-5-18(12-17)23-2/h3-5,7-10,12,14H,6,11,13,20H2,1-2H3,(H,21,22). The first-order valence-corrected chi connectivity index (χ1v) is 7.84. The van der Waals surface area contributed by atoms with Crippen molar-refractivity contribution in [2.45, 2.75) is 32.4 Å². The van der Waals surface area contributed by atoms with Gasteiger partial charge in [0.05, 0.1) is 7.11 Å². The lowest BCUT2D eigenvalue weighted by atomic mass is 10.0. The molecule has 2 aromatic rings. The van der Waals surface area contributed by atoms with Gasteiger partial charge in [-0.05, 0) is 42.2 Å². The molecule has 0 aliphatic rings. The zero-order valence-electron chi connectivity index (χ0n) is 13.7. The van der Waals surface area contributed by atoms with E-state index in [1.54, 1.807) is 7.11 Å². The molecular formula is C19H24N2O2. The molecule has 0 spiro atoms. The van der Waals surface area contributed by atoms with Crippen molar-refractivity contribution < 1.29 is 9.53 Å². The van der Waals surface area contributed by atoms with Crippen LogP contribution < -0.4 is 15.8 Å². The Bertz CT molecular complexity index is 636. The highest BCUT2D eigenvalue weighted by atomic mass is 16.5. The third-order valence-corrected chi connectivity index (χ3v) is 3.67. The number of carbonyl (C=O) groups is 1. The summed E-state index contributed by atoms with van der Waals surface area (Å²) in [7, 11) is 1.66. The fourth-order valence-electron chi connectivity index (χ4n) is 2.27. The smallest absolute Gasteiger partial charge is 0.220 e. The highest BCUT2D eigenvalue weighted by Gasteiger charge is 2.04. The summed E-state index contributed by atoms with van der Waals surface area (Å²) in [6, 6.07) is 16.2. The minimum Gasteiger partial charge on any atom is -0.497 e. The Labute approximate surface area is 137 Å². The molecule has 0 aliphatic heterocycles. The van der Waals surface area contributed by atoms with Crippen molar-refractivity contribution in [1.29, 1.82) is 0 Å². The Hall–Kier alpha value is -2.33. The number of methoxy groups -OCH3 is 1. The summed E-state index contributed by atoms with van der Waals surface area (Å²) in [5.41, 5.74) is 8.96. The number of ether oxygens (including phenoxy) is 1. The highest BCUT2D eigenvalue weighted by molar-refractivity contribution is 5.76. The van der Waals surface area contributed by atoms with Crippen LogP contribution in [0, 0.1) is 0 Å². The van der Waals surface area contributed by atoms with Crippen molar-refractivity contribution in [3.05, 3.63) is 54.1 Å². The number of carbonyl (C=O) groups excluding carboxylic acids is 1. The van der Waals surface area contributed by atoms with Crippen molar-refractivity contribution >= 4 is 5.91 Å². The molecular weight excluding hydrogens is 288 g/mol. The first-order chi connectivity index (χ1) is 11.1. The normalized spacial score (nSPS) is 11.8. The average Bonchev–Trinajstić information content (AvgIpc) is 2.58. The number of nitrogens with one attached hydrogen (secondary N) is 1. The van der Waals surface area contributed by atoms with Gasteiger partial charge in [0.25, 0.3) is 0 Å². The summed E-state index contributed by atoms with van der Waals surface area (Å²) in [5, 5.41) is 2.92. The SMILES string of the molecule is COc1cccc(-c2ccc(CNC(=O)CCC(C)N)cc2)c1. The minimum absolute atomic E-state index is 0.0409. The molecule has 0 aliphatic carbocycles. The number of amides is 1. The first kappa shape index (κ1) is 17.0. The molecule has 0 bridgehead atoms. The Morgan fingerprint density at radius 1 is 1.17 bits per heavy atom. The minimum atomic E-state index is 0.0409. The van der Waals surface area contributed by atoms with Gasteiger partial charge >= 0.3 is 0 Å². The van der Waals surface area contributed by atoms with E-state index in [-0.39, 0.29) is 11.9 Å². The monoisotopic (exact) mass is 312 g/mol. The molecule has 3 N–H and O–H groups in total. The van der Waals surface area contributed by atoms with Gasteiger partial charge in [-0.25, -0.2) is 0 Å². The molecule has 0 radical (unpaired) electrons. The topological polar surface area (TPSA) is 64.3 Å². The van der Waals surface area contributed by atoms with Gasteiger partial charge in [-0.15, -0.1) is 0 Å². The Morgan fingerprint density at radius 3 is 2.57 bits per heavy atom. The zero-order chi connectivity index (χ0) is 16.7. The molecule has 2 rings (SSSR count). The van der Waals surface area contributed by atoms with Crippen LogP contribution in [0.4, 0.5) is 0 Å². The van der Waals surface area contributed by atoms with E-state index in [2.05, 4.69) is 17.4 Å². The summed E-state index contributed by atoms with van der Waals surface area (Å²) in [6.45, 7) is 2.45. The molecule has 23 heavy (non-hydrogen) atoms. The van der Waals surface area contributed by atoms with Crippen LogP contribution in [0.25, 0.3) is 11.1 Å². The third kappa shape index (κ3) is 5.42. The summed E-state index contributed by atoms with van der Waals surface area (Å²) in [6.07, 6.45) is 1.18. The molecule has 0 aromatic heterocycles. The van der Waals surface area contributed by atoms with Crippen LogP contribution in [0.3, 0.4) is 0 Å². The van der Waals surface area contributed by atoms with Crippen molar-refractivity contribution in [1.82, 2.24) is 5.32 Å². The van der Waals surface area contributed by atoms with Crippen LogP contribution in [-0.2, 0) is 11.3 Å². The summed E-state index contributed by atoms with van der Waals surface area (Å²) < 4.78 is 5.25. The lowest BCUT2D eigenvalue weighted by molar-refractivity contribution is -0.121. The van der Waals surface area contributed by atoms with Gasteiger partial charge in [-0.3, -0.25) is 4.79 Å². The van der Waals surface area contributed by atoms with Crippen molar-refractivity contribution in [2.75, 3.05) is 7.11 Å². The summed E-state index contributed by atoms with van der Waals surface area (Å²) in [5.74, 6) is 0.882. The van der Waals surface area contributed by atoms with Crippen LogP contribution >= 0.6 is 0 Å². The van der Waals surface area contributed by atoms with Gasteiger partial charge in [0, 0.05) is 19.0 Å². The van der Waals surface area contributed by atoms with E-state index >= 15 is 0 Å². The van der Waals surface area contributed by atoms with Gasteiger partial charge in [-0.2, -0.15) is 0 Å². The molecule has 1 amide bonds. The largest absolute Gasteiger partial charge is 0.497 e. The van der Waals surface area contributed by atoms with Gasteiger partial charge in [0.1, 0.15) is 5.75 Å². The van der Waals surface area contributed by atoms with E-state index in [9.17, 15) is 4.79 Å². The van der Waals surface area contributed by atoms with E-state index < -0.39 is 0 Å². The number of rotatable bonds is 7. The maximum atomic E-state index is 11.7. The van der Waals surface area contributed by atoms with E-state index in [0.717, 1.165) is 22.4 Å². The molecule has 4 nitrogen and oxygen atoms in total. The summed E-state index contributed by atoms with van der Waals surface area (Å²) in [4.78, 5) is 11.7. The second-order valence-corrected chi connectivity index (χ2v) is 5.72. The predicted octanol–water partition coefficient (Wildman–Crippen LogP) is 3.11. The number of nitrogens with two attached hydrogens (primary N) is 1. The second kappa shape index (κ2) is 8.34. The third-order valence-electron chi connectivity index (χ3n) is 3.67. The molecule has 0 saturated heterocycles.